The minimum Gasteiger partial charge on any atom is -0.461 e. The van der Waals surface area contributed by atoms with Gasteiger partial charge in [-0.2, -0.15) is 0 Å². The molecular weight excluding hydrogens is 278 g/mol. The van der Waals surface area contributed by atoms with Gasteiger partial charge in [-0.15, -0.1) is 0 Å². The third kappa shape index (κ3) is 4.31. The number of piperidine rings is 1. The van der Waals surface area contributed by atoms with Gasteiger partial charge in [0.2, 0.25) is 0 Å². The molecule has 2 N–H and O–H groups in total. The Kier molecular flexibility index (Phi) is 5.05. The molecule has 1 fully saturated rings. The number of rotatable bonds is 5. The summed E-state index contributed by atoms with van der Waals surface area (Å²) in [4.78, 5) is 10.3. The second-order valence-corrected chi connectivity index (χ2v) is 5.61. The summed E-state index contributed by atoms with van der Waals surface area (Å²) in [6.07, 6.45) is 3.08. The van der Waals surface area contributed by atoms with E-state index in [1.54, 1.807) is 12.4 Å². The molecule has 1 saturated heterocycles. The van der Waals surface area contributed by atoms with E-state index in [0.29, 0.717) is 25.6 Å². The first-order chi connectivity index (χ1) is 9.91. The van der Waals surface area contributed by atoms with Crippen molar-refractivity contribution in [1.82, 2.24) is 14.9 Å². The van der Waals surface area contributed by atoms with Crippen LogP contribution < -0.4 is 10.5 Å². The summed E-state index contributed by atoms with van der Waals surface area (Å²) < 4.78 is 31.8. The molecule has 7 heteroatoms. The van der Waals surface area contributed by atoms with E-state index in [1.165, 1.54) is 0 Å². The lowest BCUT2D eigenvalue weighted by molar-refractivity contribution is -0.0627. The summed E-state index contributed by atoms with van der Waals surface area (Å²) in [6.45, 7) is 4.80. The minimum absolute atomic E-state index is 0.00508. The van der Waals surface area contributed by atoms with Crippen LogP contribution in [0.25, 0.3) is 0 Å². The van der Waals surface area contributed by atoms with Crippen LogP contribution in [0.2, 0.25) is 0 Å². The van der Waals surface area contributed by atoms with Crippen molar-refractivity contribution in [3.8, 4) is 6.01 Å². The molecule has 2 heterocycles. The van der Waals surface area contributed by atoms with Crippen LogP contribution in [0.4, 0.5) is 8.78 Å². The molecule has 118 valence electrons. The Morgan fingerprint density at radius 1 is 1.29 bits per heavy atom. The molecule has 1 atom stereocenters. The van der Waals surface area contributed by atoms with Crippen LogP contribution in [-0.2, 0) is 0 Å². The first kappa shape index (κ1) is 16.0. The van der Waals surface area contributed by atoms with Gasteiger partial charge < -0.3 is 10.5 Å². The first-order valence-electron chi connectivity index (χ1n) is 7.22. The maximum atomic E-state index is 13.2. The third-order valence-electron chi connectivity index (χ3n) is 3.57. The molecule has 1 aliphatic heterocycles. The van der Waals surface area contributed by atoms with Crippen molar-refractivity contribution in [2.75, 3.05) is 19.6 Å². The molecule has 1 aromatic rings. The van der Waals surface area contributed by atoms with Crippen molar-refractivity contribution < 1.29 is 13.5 Å². The summed E-state index contributed by atoms with van der Waals surface area (Å²) in [5, 5.41) is 0. The lowest BCUT2D eigenvalue weighted by Crippen LogP contribution is -2.43. The van der Waals surface area contributed by atoms with E-state index in [4.69, 9.17) is 10.5 Å². The Morgan fingerprint density at radius 2 is 1.86 bits per heavy atom. The second-order valence-electron chi connectivity index (χ2n) is 5.61. The molecule has 21 heavy (non-hydrogen) atoms. The zero-order valence-electron chi connectivity index (χ0n) is 12.4. The number of ether oxygens (including phenoxy) is 1. The largest absolute Gasteiger partial charge is 0.461 e. The molecule has 1 aromatic heterocycles. The number of alkyl halides is 2. The van der Waals surface area contributed by atoms with Gasteiger partial charge >= 0.3 is 6.01 Å². The van der Waals surface area contributed by atoms with E-state index in [2.05, 4.69) is 9.97 Å². The summed E-state index contributed by atoms with van der Waals surface area (Å²) in [7, 11) is 0. The van der Waals surface area contributed by atoms with Gasteiger partial charge in [0.05, 0.1) is 12.1 Å². The Bertz CT molecular complexity index is 443. The highest BCUT2D eigenvalue weighted by Crippen LogP contribution is 2.31. The summed E-state index contributed by atoms with van der Waals surface area (Å²) in [5.41, 5.74) is 6.64. The number of hydrogen-bond donors (Lipinski definition) is 1. The molecule has 0 aromatic carbocycles. The summed E-state index contributed by atoms with van der Waals surface area (Å²) in [5.74, 6) is -2.55. The lowest BCUT2D eigenvalue weighted by Gasteiger charge is -2.36. The molecule has 0 bridgehead atoms. The van der Waals surface area contributed by atoms with Crippen LogP contribution in [-0.4, -0.2) is 46.5 Å². The highest BCUT2D eigenvalue weighted by atomic mass is 19.3. The van der Waals surface area contributed by atoms with E-state index >= 15 is 0 Å². The van der Waals surface area contributed by atoms with E-state index < -0.39 is 5.92 Å². The number of likely N-dealkylation sites (tertiary alicyclic amines) is 1. The van der Waals surface area contributed by atoms with Crippen LogP contribution >= 0.6 is 0 Å². The van der Waals surface area contributed by atoms with E-state index in [1.807, 2.05) is 18.7 Å². The standard InChI is InChI=1S/C14H22F2N4O/c1-10(2)21-13-18-8-11(9-19-13)12(7-17)20-5-3-14(15,16)4-6-20/h8-10,12H,3-7,17H2,1-2H3. The van der Waals surface area contributed by atoms with Gasteiger partial charge in [-0.25, -0.2) is 18.7 Å². The van der Waals surface area contributed by atoms with Gasteiger partial charge in [0, 0.05) is 50.4 Å². The van der Waals surface area contributed by atoms with Gasteiger partial charge in [0.25, 0.3) is 5.92 Å². The van der Waals surface area contributed by atoms with Gasteiger partial charge in [0.15, 0.2) is 0 Å². The van der Waals surface area contributed by atoms with Gasteiger partial charge in [-0.3, -0.25) is 4.90 Å². The van der Waals surface area contributed by atoms with Crippen molar-refractivity contribution >= 4 is 0 Å². The predicted octanol–water partition coefficient (Wildman–Crippen LogP) is 1.99. The number of aromatic nitrogens is 2. The minimum atomic E-state index is -2.55. The zero-order chi connectivity index (χ0) is 15.5. The molecule has 0 radical (unpaired) electrons. The van der Waals surface area contributed by atoms with Crippen molar-refractivity contribution in [3.63, 3.8) is 0 Å². The fraction of sp³-hybridized carbons (Fsp3) is 0.714. The Morgan fingerprint density at radius 3 is 2.33 bits per heavy atom. The Labute approximate surface area is 123 Å². The SMILES string of the molecule is CC(C)Oc1ncc(C(CN)N2CCC(F)(F)CC2)cn1. The number of halogens is 2. The quantitative estimate of drug-likeness (QED) is 0.901. The van der Waals surface area contributed by atoms with Crippen molar-refractivity contribution in [2.24, 2.45) is 5.73 Å². The maximum absolute atomic E-state index is 13.2. The van der Waals surface area contributed by atoms with Gasteiger partial charge in [-0.05, 0) is 13.8 Å². The number of nitrogens with zero attached hydrogens (tertiary/aromatic N) is 3. The van der Waals surface area contributed by atoms with Crippen LogP contribution in [0.3, 0.4) is 0 Å². The molecular formula is C14H22F2N4O. The van der Waals surface area contributed by atoms with E-state index in [9.17, 15) is 8.78 Å². The van der Waals surface area contributed by atoms with Crippen LogP contribution in [0, 0.1) is 0 Å². The third-order valence-corrected chi connectivity index (χ3v) is 3.57. The highest BCUT2D eigenvalue weighted by molar-refractivity contribution is 5.14. The smallest absolute Gasteiger partial charge is 0.316 e. The van der Waals surface area contributed by atoms with Crippen LogP contribution in [0.1, 0.15) is 38.3 Å². The molecule has 1 aliphatic rings. The molecule has 0 amide bonds. The monoisotopic (exact) mass is 300 g/mol. The zero-order valence-corrected chi connectivity index (χ0v) is 12.4. The van der Waals surface area contributed by atoms with Crippen molar-refractivity contribution in [1.29, 1.82) is 0 Å². The van der Waals surface area contributed by atoms with Crippen molar-refractivity contribution in [2.45, 2.75) is 44.8 Å². The highest BCUT2D eigenvalue weighted by Gasteiger charge is 2.36. The second kappa shape index (κ2) is 6.62. The molecule has 2 rings (SSSR count). The summed E-state index contributed by atoms with van der Waals surface area (Å²) in [6, 6.07) is 0.184. The van der Waals surface area contributed by atoms with Gasteiger partial charge in [-0.1, -0.05) is 0 Å². The fourth-order valence-electron chi connectivity index (χ4n) is 2.43. The predicted molar refractivity (Wildman–Crippen MR) is 75.3 cm³/mol. The molecule has 0 saturated carbocycles. The van der Waals surface area contributed by atoms with E-state index in [-0.39, 0.29) is 25.0 Å². The van der Waals surface area contributed by atoms with Gasteiger partial charge in [0.1, 0.15) is 0 Å². The van der Waals surface area contributed by atoms with Crippen LogP contribution in [0.15, 0.2) is 12.4 Å². The summed E-state index contributed by atoms with van der Waals surface area (Å²) >= 11 is 0. The Balaban J connectivity index is 2.04. The van der Waals surface area contributed by atoms with Crippen molar-refractivity contribution in [3.05, 3.63) is 18.0 Å². The normalized spacial score (nSPS) is 20.5. The van der Waals surface area contributed by atoms with Crippen LogP contribution in [0.5, 0.6) is 6.01 Å². The Hall–Kier alpha value is -1.34. The molecule has 1 unspecified atom stereocenters. The average molecular weight is 300 g/mol. The molecule has 0 spiro atoms. The average Bonchev–Trinajstić information content (AvgIpc) is 2.42. The lowest BCUT2D eigenvalue weighted by atomic mass is 10.0. The number of hydrogen-bond acceptors (Lipinski definition) is 5. The number of nitrogens with two attached hydrogens (primary N) is 1. The molecule has 0 aliphatic carbocycles. The first-order valence-corrected chi connectivity index (χ1v) is 7.22. The van der Waals surface area contributed by atoms with E-state index in [0.717, 1.165) is 5.56 Å². The topological polar surface area (TPSA) is 64.3 Å². The fourth-order valence-corrected chi connectivity index (χ4v) is 2.43. The maximum Gasteiger partial charge on any atom is 0.316 e. The molecule has 5 nitrogen and oxygen atoms in total.